The van der Waals surface area contributed by atoms with Gasteiger partial charge in [-0.15, -0.1) is 0 Å². The highest BCUT2D eigenvalue weighted by molar-refractivity contribution is 7.89. The summed E-state index contributed by atoms with van der Waals surface area (Å²) in [6.45, 7) is 4.73. The number of nitrogens with one attached hydrogen (secondary N) is 1. The fourth-order valence-electron chi connectivity index (χ4n) is 5.28. The minimum atomic E-state index is -3.96. The van der Waals surface area contributed by atoms with E-state index in [1.807, 2.05) is 6.92 Å². The third-order valence-corrected chi connectivity index (χ3v) is 8.64. The Morgan fingerprint density at radius 2 is 1.77 bits per heavy atom. The number of anilines is 1. The number of aliphatic carboxylic acids is 1. The maximum Gasteiger partial charge on any atom is 0.325 e. The standard InChI is InChI=1S/C22H32N2O6S/c1-2-17-5-3-4-10-22(17,20(25)26)23-31(27,28)19-8-6-18(7-9-19)24-13-11-21(12-14-24)29-15-16-30-21/h6-9,17,23H,2-5,10-16H2,1H3,(H,25,26). The maximum absolute atomic E-state index is 13.1. The second-order valence-corrected chi connectivity index (χ2v) is 10.5. The molecule has 1 aromatic carbocycles. The summed E-state index contributed by atoms with van der Waals surface area (Å²) in [5.41, 5.74) is -0.503. The highest BCUT2D eigenvalue weighted by atomic mass is 32.2. The van der Waals surface area contributed by atoms with Crippen LogP contribution in [0.4, 0.5) is 5.69 Å². The molecule has 3 fully saturated rings. The molecule has 1 aliphatic carbocycles. The predicted octanol–water partition coefficient (Wildman–Crippen LogP) is 2.73. The third-order valence-electron chi connectivity index (χ3n) is 7.11. The van der Waals surface area contributed by atoms with Crippen LogP contribution in [0.2, 0.25) is 0 Å². The van der Waals surface area contributed by atoms with E-state index in [-0.39, 0.29) is 10.8 Å². The lowest BCUT2D eigenvalue weighted by molar-refractivity contribution is -0.169. The lowest BCUT2D eigenvalue weighted by Crippen LogP contribution is -2.60. The molecule has 0 radical (unpaired) electrons. The second-order valence-electron chi connectivity index (χ2n) is 8.82. The van der Waals surface area contributed by atoms with Crippen molar-refractivity contribution in [3.63, 3.8) is 0 Å². The average molecular weight is 453 g/mol. The van der Waals surface area contributed by atoms with Crippen molar-refractivity contribution in [2.75, 3.05) is 31.2 Å². The van der Waals surface area contributed by atoms with E-state index in [9.17, 15) is 18.3 Å². The van der Waals surface area contributed by atoms with Gasteiger partial charge in [0.15, 0.2) is 5.79 Å². The van der Waals surface area contributed by atoms with E-state index in [0.29, 0.717) is 38.9 Å². The number of hydrogen-bond donors (Lipinski definition) is 2. The first-order chi connectivity index (χ1) is 14.8. The van der Waals surface area contributed by atoms with Gasteiger partial charge in [-0.2, -0.15) is 4.72 Å². The van der Waals surface area contributed by atoms with Crippen LogP contribution in [0.5, 0.6) is 0 Å². The molecule has 0 bridgehead atoms. The Labute approximate surface area is 184 Å². The molecule has 2 unspecified atom stereocenters. The van der Waals surface area contributed by atoms with Crippen molar-refractivity contribution >= 4 is 21.7 Å². The summed E-state index contributed by atoms with van der Waals surface area (Å²) in [5.74, 6) is -1.75. The van der Waals surface area contributed by atoms with Crippen molar-refractivity contribution in [3.8, 4) is 0 Å². The Kier molecular flexibility index (Phi) is 6.31. The minimum absolute atomic E-state index is 0.0910. The van der Waals surface area contributed by atoms with Gasteiger partial charge in [-0.25, -0.2) is 8.42 Å². The van der Waals surface area contributed by atoms with Crippen molar-refractivity contribution in [3.05, 3.63) is 24.3 Å². The number of nitrogens with zero attached hydrogens (tertiary/aromatic N) is 1. The molecule has 2 atom stereocenters. The van der Waals surface area contributed by atoms with Gasteiger partial charge in [0.1, 0.15) is 5.54 Å². The third kappa shape index (κ3) is 4.33. The van der Waals surface area contributed by atoms with Gasteiger partial charge < -0.3 is 19.5 Å². The van der Waals surface area contributed by atoms with Crippen molar-refractivity contribution < 1.29 is 27.8 Å². The monoisotopic (exact) mass is 452 g/mol. The number of benzene rings is 1. The Hall–Kier alpha value is -1.68. The number of ether oxygens (including phenoxy) is 2. The van der Waals surface area contributed by atoms with Gasteiger partial charge in [-0.1, -0.05) is 26.2 Å². The molecule has 0 amide bonds. The van der Waals surface area contributed by atoms with Crippen LogP contribution in [-0.4, -0.2) is 57.1 Å². The zero-order valence-electron chi connectivity index (χ0n) is 18.0. The van der Waals surface area contributed by atoms with Crippen LogP contribution in [0.3, 0.4) is 0 Å². The molecule has 2 aliphatic heterocycles. The molecule has 172 valence electrons. The number of carbonyl (C=O) groups is 1. The van der Waals surface area contributed by atoms with E-state index < -0.39 is 27.3 Å². The number of carboxylic acids is 1. The van der Waals surface area contributed by atoms with E-state index in [1.54, 1.807) is 24.3 Å². The van der Waals surface area contributed by atoms with Crippen molar-refractivity contribution in [2.45, 2.75) is 68.1 Å². The Balaban J connectivity index is 1.48. The fraction of sp³-hybridized carbons (Fsp3) is 0.682. The largest absolute Gasteiger partial charge is 0.480 e. The summed E-state index contributed by atoms with van der Waals surface area (Å²) in [7, 11) is -3.96. The van der Waals surface area contributed by atoms with Gasteiger partial charge in [0, 0.05) is 31.6 Å². The minimum Gasteiger partial charge on any atom is -0.480 e. The van der Waals surface area contributed by atoms with E-state index in [1.165, 1.54) is 0 Å². The van der Waals surface area contributed by atoms with Gasteiger partial charge in [0.05, 0.1) is 18.1 Å². The molecule has 8 nitrogen and oxygen atoms in total. The summed E-state index contributed by atoms with van der Waals surface area (Å²) in [6.07, 6.45) is 4.83. The zero-order valence-corrected chi connectivity index (χ0v) is 18.8. The zero-order chi connectivity index (χ0) is 22.1. The average Bonchev–Trinajstić information content (AvgIpc) is 3.22. The fourth-order valence-corrected chi connectivity index (χ4v) is 6.73. The molecule has 2 N–H and O–H groups in total. The number of sulfonamides is 1. The van der Waals surface area contributed by atoms with Crippen LogP contribution in [-0.2, 0) is 24.3 Å². The molecule has 1 aromatic rings. The highest BCUT2D eigenvalue weighted by Crippen LogP contribution is 2.38. The van der Waals surface area contributed by atoms with Crippen LogP contribution in [0.15, 0.2) is 29.2 Å². The molecule has 4 rings (SSSR count). The number of piperidine rings is 1. The van der Waals surface area contributed by atoms with Crippen molar-refractivity contribution in [1.29, 1.82) is 0 Å². The van der Waals surface area contributed by atoms with E-state index in [4.69, 9.17) is 9.47 Å². The van der Waals surface area contributed by atoms with Crippen LogP contribution in [0.1, 0.15) is 51.9 Å². The molecule has 2 saturated heterocycles. The number of rotatable bonds is 6. The van der Waals surface area contributed by atoms with E-state index >= 15 is 0 Å². The van der Waals surface area contributed by atoms with Gasteiger partial charge in [0.25, 0.3) is 0 Å². The summed E-state index contributed by atoms with van der Waals surface area (Å²) in [5, 5.41) is 9.95. The second kappa shape index (κ2) is 8.69. The van der Waals surface area contributed by atoms with Crippen LogP contribution >= 0.6 is 0 Å². The molecular formula is C22H32N2O6S. The molecule has 3 aliphatic rings. The Bertz CT molecular complexity index is 887. The van der Waals surface area contributed by atoms with Gasteiger partial charge in [0.2, 0.25) is 10.0 Å². The lowest BCUT2D eigenvalue weighted by Gasteiger charge is -2.40. The maximum atomic E-state index is 13.1. The van der Waals surface area contributed by atoms with Gasteiger partial charge in [-0.3, -0.25) is 4.79 Å². The molecule has 1 spiro atoms. The van der Waals surface area contributed by atoms with E-state index in [2.05, 4.69) is 9.62 Å². The van der Waals surface area contributed by atoms with E-state index in [0.717, 1.165) is 38.0 Å². The molecular weight excluding hydrogens is 420 g/mol. The summed E-state index contributed by atoms with van der Waals surface area (Å²) < 4.78 is 40.3. The van der Waals surface area contributed by atoms with Crippen LogP contribution in [0, 0.1) is 5.92 Å². The summed E-state index contributed by atoms with van der Waals surface area (Å²) >= 11 is 0. The first kappa shape index (κ1) is 22.5. The highest BCUT2D eigenvalue weighted by Gasteiger charge is 2.49. The van der Waals surface area contributed by atoms with Crippen LogP contribution in [0.25, 0.3) is 0 Å². The topological polar surface area (TPSA) is 105 Å². The predicted molar refractivity (Wildman–Crippen MR) is 115 cm³/mol. The summed E-state index contributed by atoms with van der Waals surface area (Å²) in [6, 6.07) is 6.69. The van der Waals surface area contributed by atoms with Gasteiger partial charge >= 0.3 is 5.97 Å². The number of hydrogen-bond acceptors (Lipinski definition) is 6. The first-order valence-electron chi connectivity index (χ1n) is 11.2. The Morgan fingerprint density at radius 3 is 2.35 bits per heavy atom. The molecule has 31 heavy (non-hydrogen) atoms. The Morgan fingerprint density at radius 1 is 1.13 bits per heavy atom. The SMILES string of the molecule is CCC1CCCCC1(NS(=O)(=O)c1ccc(N2CCC3(CC2)OCCO3)cc1)C(=O)O. The normalized spacial score (nSPS) is 28.7. The quantitative estimate of drug-likeness (QED) is 0.684. The molecule has 1 saturated carbocycles. The smallest absolute Gasteiger partial charge is 0.325 e. The van der Waals surface area contributed by atoms with Gasteiger partial charge in [-0.05, 0) is 43.0 Å². The molecule has 9 heteroatoms. The number of carboxylic acid groups (broad SMARTS) is 1. The summed E-state index contributed by atoms with van der Waals surface area (Å²) in [4.78, 5) is 14.4. The lowest BCUT2D eigenvalue weighted by atomic mass is 9.72. The van der Waals surface area contributed by atoms with Crippen molar-refractivity contribution in [1.82, 2.24) is 4.72 Å². The van der Waals surface area contributed by atoms with Crippen molar-refractivity contribution in [2.24, 2.45) is 5.92 Å². The molecule has 2 heterocycles. The first-order valence-corrected chi connectivity index (χ1v) is 12.7. The molecule has 0 aromatic heterocycles. The van der Waals surface area contributed by atoms with Crippen LogP contribution < -0.4 is 9.62 Å².